The van der Waals surface area contributed by atoms with Crippen LogP contribution in [0.2, 0.25) is 0 Å². The average Bonchev–Trinajstić information content (AvgIpc) is 2.80. The third-order valence-corrected chi connectivity index (χ3v) is 3.08. The second-order valence-electron chi connectivity index (χ2n) is 4.65. The average molecular weight is 294 g/mol. The van der Waals surface area contributed by atoms with Gasteiger partial charge in [0.25, 0.3) is 11.8 Å². The van der Waals surface area contributed by atoms with Gasteiger partial charge in [-0.2, -0.15) is 5.26 Å². The molecule has 1 N–H and O–H groups in total. The number of alkyl halides is 2. The van der Waals surface area contributed by atoms with Gasteiger partial charge >= 0.3 is 0 Å². The van der Waals surface area contributed by atoms with Crippen LogP contribution in [0.1, 0.15) is 16.8 Å². The van der Waals surface area contributed by atoms with Crippen LogP contribution in [-0.2, 0) is 4.79 Å². The van der Waals surface area contributed by atoms with Gasteiger partial charge in [0.2, 0.25) is 5.91 Å². The summed E-state index contributed by atoms with van der Waals surface area (Å²) < 4.78 is 26.4. The Kier molecular flexibility index (Phi) is 4.12. The topological polar surface area (TPSA) is 86.1 Å². The van der Waals surface area contributed by atoms with Gasteiger partial charge in [-0.25, -0.2) is 8.78 Å². The number of rotatable bonds is 3. The Labute approximate surface area is 119 Å². The number of halogens is 2. The smallest absolute Gasteiger partial charge is 0.268 e. The van der Waals surface area contributed by atoms with Gasteiger partial charge in [-0.05, 0) is 12.1 Å². The first-order valence-electron chi connectivity index (χ1n) is 6.18. The van der Waals surface area contributed by atoms with Crippen molar-refractivity contribution in [1.29, 1.82) is 5.26 Å². The number of nitriles is 1. The fraction of sp³-hybridized carbons (Fsp3) is 0.385. The van der Waals surface area contributed by atoms with E-state index in [1.54, 1.807) is 6.07 Å². The number of nitrogens with one attached hydrogen (secondary N) is 1. The van der Waals surface area contributed by atoms with E-state index in [-0.39, 0.29) is 0 Å². The lowest BCUT2D eigenvalue weighted by Crippen LogP contribution is -2.42. The number of pyridine rings is 1. The molecular formula is C13H12F2N4O2. The highest BCUT2D eigenvalue weighted by Gasteiger charge is 2.47. The quantitative estimate of drug-likeness (QED) is 0.883. The predicted octanol–water partition coefficient (Wildman–Crippen LogP) is 0.571. The molecule has 0 bridgehead atoms. The molecule has 2 rings (SSSR count). The number of amides is 2. The van der Waals surface area contributed by atoms with E-state index in [1.165, 1.54) is 24.5 Å². The summed E-state index contributed by atoms with van der Waals surface area (Å²) in [6.45, 7) is -1.23. The molecule has 6 nitrogen and oxygen atoms in total. The van der Waals surface area contributed by atoms with Crippen molar-refractivity contribution in [3.8, 4) is 6.07 Å². The van der Waals surface area contributed by atoms with Gasteiger partial charge in [-0.15, -0.1) is 0 Å². The number of hydrogen-bond acceptors (Lipinski definition) is 4. The van der Waals surface area contributed by atoms with E-state index < -0.39 is 43.3 Å². The molecule has 21 heavy (non-hydrogen) atoms. The van der Waals surface area contributed by atoms with Crippen molar-refractivity contribution in [2.24, 2.45) is 0 Å². The molecule has 0 saturated carbocycles. The van der Waals surface area contributed by atoms with Crippen LogP contribution in [0.4, 0.5) is 8.78 Å². The third kappa shape index (κ3) is 3.51. The molecule has 1 aromatic rings. The fourth-order valence-corrected chi connectivity index (χ4v) is 2.06. The van der Waals surface area contributed by atoms with Gasteiger partial charge in [0.05, 0.1) is 19.2 Å². The second kappa shape index (κ2) is 5.83. The van der Waals surface area contributed by atoms with E-state index in [9.17, 15) is 18.4 Å². The predicted molar refractivity (Wildman–Crippen MR) is 67.2 cm³/mol. The standard InChI is InChI=1S/C13H12F2N4O2/c14-13(15)5-10(6-16)19(8-13)11(20)7-18-12(21)9-1-3-17-4-2-9/h1-4,10H,5,7-8H2,(H,18,21)/t10-/m0/s1. The molecule has 1 fully saturated rings. The molecule has 0 aromatic carbocycles. The summed E-state index contributed by atoms with van der Waals surface area (Å²) in [5.74, 6) is -4.28. The summed E-state index contributed by atoms with van der Waals surface area (Å²) in [6, 6.07) is 3.43. The molecule has 1 saturated heterocycles. The maximum Gasteiger partial charge on any atom is 0.268 e. The van der Waals surface area contributed by atoms with Gasteiger partial charge in [-0.1, -0.05) is 0 Å². The SMILES string of the molecule is N#C[C@@H]1CC(F)(F)CN1C(=O)CNC(=O)c1ccncc1. The highest BCUT2D eigenvalue weighted by atomic mass is 19.3. The maximum absolute atomic E-state index is 13.2. The Morgan fingerprint density at radius 1 is 1.48 bits per heavy atom. The van der Waals surface area contributed by atoms with E-state index >= 15 is 0 Å². The van der Waals surface area contributed by atoms with Gasteiger partial charge in [-0.3, -0.25) is 14.6 Å². The molecule has 2 heterocycles. The van der Waals surface area contributed by atoms with Crippen molar-refractivity contribution in [3.63, 3.8) is 0 Å². The fourth-order valence-electron chi connectivity index (χ4n) is 2.06. The van der Waals surface area contributed by atoms with E-state index in [1.807, 2.05) is 0 Å². The van der Waals surface area contributed by atoms with Crippen LogP contribution in [-0.4, -0.2) is 46.8 Å². The first kappa shape index (κ1) is 14.8. The molecular weight excluding hydrogens is 282 g/mol. The Morgan fingerprint density at radius 2 is 2.14 bits per heavy atom. The zero-order valence-corrected chi connectivity index (χ0v) is 10.9. The highest BCUT2D eigenvalue weighted by molar-refractivity contribution is 5.96. The van der Waals surface area contributed by atoms with Crippen LogP contribution in [0, 0.1) is 11.3 Å². The Bertz CT molecular complexity index is 586. The molecule has 0 unspecified atom stereocenters. The number of carbonyl (C=O) groups is 2. The number of carbonyl (C=O) groups excluding carboxylic acids is 2. The Hall–Kier alpha value is -2.56. The second-order valence-corrected chi connectivity index (χ2v) is 4.65. The number of hydrogen-bond donors (Lipinski definition) is 1. The molecule has 2 amide bonds. The number of likely N-dealkylation sites (tertiary alicyclic amines) is 1. The molecule has 1 aliphatic heterocycles. The molecule has 110 valence electrons. The van der Waals surface area contributed by atoms with Crippen molar-refractivity contribution in [2.75, 3.05) is 13.1 Å². The van der Waals surface area contributed by atoms with Crippen molar-refractivity contribution in [2.45, 2.75) is 18.4 Å². The molecule has 0 aliphatic carbocycles. The van der Waals surface area contributed by atoms with Crippen LogP contribution in [0.15, 0.2) is 24.5 Å². The van der Waals surface area contributed by atoms with Crippen molar-refractivity contribution < 1.29 is 18.4 Å². The third-order valence-electron chi connectivity index (χ3n) is 3.08. The summed E-state index contributed by atoms with van der Waals surface area (Å²) >= 11 is 0. The van der Waals surface area contributed by atoms with E-state index in [0.717, 1.165) is 4.90 Å². The molecule has 0 spiro atoms. The summed E-state index contributed by atoms with van der Waals surface area (Å²) in [4.78, 5) is 28.1. The van der Waals surface area contributed by atoms with E-state index in [2.05, 4.69) is 10.3 Å². The zero-order valence-electron chi connectivity index (χ0n) is 10.9. The Balaban J connectivity index is 1.93. The summed E-state index contributed by atoms with van der Waals surface area (Å²) in [7, 11) is 0. The van der Waals surface area contributed by atoms with Gasteiger partial charge in [0, 0.05) is 24.4 Å². The van der Waals surface area contributed by atoms with Crippen molar-refractivity contribution in [3.05, 3.63) is 30.1 Å². The maximum atomic E-state index is 13.2. The molecule has 1 aromatic heterocycles. The minimum atomic E-state index is -3.06. The first-order chi connectivity index (χ1) is 9.93. The Morgan fingerprint density at radius 3 is 2.76 bits per heavy atom. The van der Waals surface area contributed by atoms with Crippen molar-refractivity contribution in [1.82, 2.24) is 15.2 Å². The zero-order chi connectivity index (χ0) is 15.5. The largest absolute Gasteiger partial charge is 0.343 e. The molecule has 1 atom stereocenters. The molecule has 1 aliphatic rings. The van der Waals surface area contributed by atoms with Crippen LogP contribution in [0.5, 0.6) is 0 Å². The van der Waals surface area contributed by atoms with Crippen LogP contribution < -0.4 is 5.32 Å². The molecule has 8 heteroatoms. The van der Waals surface area contributed by atoms with Gasteiger partial charge < -0.3 is 10.2 Å². The van der Waals surface area contributed by atoms with Gasteiger partial charge in [0.15, 0.2) is 0 Å². The van der Waals surface area contributed by atoms with Crippen molar-refractivity contribution >= 4 is 11.8 Å². The van der Waals surface area contributed by atoms with E-state index in [0.29, 0.717) is 5.56 Å². The number of aromatic nitrogens is 1. The first-order valence-corrected chi connectivity index (χ1v) is 6.18. The van der Waals surface area contributed by atoms with E-state index in [4.69, 9.17) is 5.26 Å². The lowest BCUT2D eigenvalue weighted by Gasteiger charge is -2.19. The summed E-state index contributed by atoms with van der Waals surface area (Å²) in [5, 5.41) is 11.1. The lowest BCUT2D eigenvalue weighted by atomic mass is 10.2. The summed E-state index contributed by atoms with van der Waals surface area (Å²) in [5.41, 5.74) is 0.307. The molecule has 0 radical (unpaired) electrons. The normalized spacial score (nSPS) is 19.9. The van der Waals surface area contributed by atoms with Crippen LogP contribution >= 0.6 is 0 Å². The lowest BCUT2D eigenvalue weighted by molar-refractivity contribution is -0.131. The van der Waals surface area contributed by atoms with Crippen LogP contribution in [0.3, 0.4) is 0 Å². The van der Waals surface area contributed by atoms with Gasteiger partial charge in [0.1, 0.15) is 6.04 Å². The number of nitrogens with zero attached hydrogens (tertiary/aromatic N) is 3. The highest BCUT2D eigenvalue weighted by Crippen LogP contribution is 2.31. The minimum absolute atomic E-state index is 0.307. The minimum Gasteiger partial charge on any atom is -0.343 e. The summed E-state index contributed by atoms with van der Waals surface area (Å²) in [6.07, 6.45) is 2.17. The monoisotopic (exact) mass is 294 g/mol. The van der Waals surface area contributed by atoms with Crippen LogP contribution in [0.25, 0.3) is 0 Å².